The Morgan fingerprint density at radius 3 is 2.50 bits per heavy atom. The minimum Gasteiger partial charge on any atom is -0.354 e. The van der Waals surface area contributed by atoms with Crippen molar-refractivity contribution in [3.63, 3.8) is 0 Å². The van der Waals surface area contributed by atoms with Crippen molar-refractivity contribution in [2.75, 3.05) is 5.32 Å². The van der Waals surface area contributed by atoms with Crippen LogP contribution in [0.1, 0.15) is 49.0 Å². The Labute approximate surface area is 141 Å². The third-order valence-corrected chi connectivity index (χ3v) is 4.30. The van der Waals surface area contributed by atoms with Crippen LogP contribution in [0.15, 0.2) is 42.6 Å². The standard InChI is InChI=1S/C19H22FN3O/c20-14-6-5-9-16(12-14)22-17-10-11-18(21-13-17)19(24)23-15-7-3-1-2-4-8-15/h5-6,9-13,15,22H,1-4,7-8H2,(H,23,24). The van der Waals surface area contributed by atoms with Crippen LogP contribution in [0.2, 0.25) is 0 Å². The molecule has 0 saturated heterocycles. The summed E-state index contributed by atoms with van der Waals surface area (Å²) in [7, 11) is 0. The molecule has 0 aliphatic heterocycles. The van der Waals surface area contributed by atoms with E-state index in [2.05, 4.69) is 15.6 Å². The maximum Gasteiger partial charge on any atom is 0.270 e. The number of hydrogen-bond donors (Lipinski definition) is 2. The summed E-state index contributed by atoms with van der Waals surface area (Å²) in [4.78, 5) is 16.5. The smallest absolute Gasteiger partial charge is 0.270 e. The highest BCUT2D eigenvalue weighted by Gasteiger charge is 2.16. The molecule has 1 aromatic carbocycles. The van der Waals surface area contributed by atoms with Crippen molar-refractivity contribution in [2.24, 2.45) is 0 Å². The van der Waals surface area contributed by atoms with Gasteiger partial charge in [-0.3, -0.25) is 4.79 Å². The topological polar surface area (TPSA) is 54.0 Å². The van der Waals surface area contributed by atoms with Crippen molar-refractivity contribution in [3.8, 4) is 0 Å². The molecule has 2 aromatic rings. The van der Waals surface area contributed by atoms with Crippen LogP contribution in [-0.2, 0) is 0 Å². The van der Waals surface area contributed by atoms with Crippen molar-refractivity contribution in [1.29, 1.82) is 0 Å². The number of rotatable bonds is 4. The number of aromatic nitrogens is 1. The maximum atomic E-state index is 13.2. The summed E-state index contributed by atoms with van der Waals surface area (Å²) in [5, 5.41) is 6.15. The number of carbonyl (C=O) groups excluding carboxylic acids is 1. The molecule has 3 rings (SSSR count). The fourth-order valence-electron chi connectivity index (χ4n) is 3.02. The first-order valence-corrected chi connectivity index (χ1v) is 8.50. The molecule has 1 aliphatic carbocycles. The van der Waals surface area contributed by atoms with E-state index in [9.17, 15) is 9.18 Å². The van der Waals surface area contributed by atoms with Gasteiger partial charge in [0.15, 0.2) is 0 Å². The zero-order chi connectivity index (χ0) is 16.8. The molecule has 1 aliphatic rings. The van der Waals surface area contributed by atoms with Gasteiger partial charge in [-0.2, -0.15) is 0 Å². The lowest BCUT2D eigenvalue weighted by molar-refractivity contribution is 0.0928. The lowest BCUT2D eigenvalue weighted by Crippen LogP contribution is -2.34. The number of nitrogens with one attached hydrogen (secondary N) is 2. The number of anilines is 2. The molecule has 1 saturated carbocycles. The van der Waals surface area contributed by atoms with Crippen LogP contribution in [0, 0.1) is 5.82 Å². The molecule has 4 nitrogen and oxygen atoms in total. The lowest BCUT2D eigenvalue weighted by atomic mass is 10.1. The largest absolute Gasteiger partial charge is 0.354 e. The first-order valence-electron chi connectivity index (χ1n) is 8.50. The average molecular weight is 327 g/mol. The molecule has 1 fully saturated rings. The van der Waals surface area contributed by atoms with Gasteiger partial charge in [-0.15, -0.1) is 0 Å². The van der Waals surface area contributed by atoms with Gasteiger partial charge >= 0.3 is 0 Å². The fraction of sp³-hybridized carbons (Fsp3) is 0.368. The van der Waals surface area contributed by atoms with E-state index in [0.717, 1.165) is 12.8 Å². The Hall–Kier alpha value is -2.43. The first-order chi connectivity index (χ1) is 11.7. The molecule has 5 heteroatoms. The van der Waals surface area contributed by atoms with Gasteiger partial charge in [-0.05, 0) is 43.2 Å². The Morgan fingerprint density at radius 2 is 1.83 bits per heavy atom. The van der Waals surface area contributed by atoms with Crippen molar-refractivity contribution in [3.05, 3.63) is 54.1 Å². The van der Waals surface area contributed by atoms with Crippen LogP contribution < -0.4 is 10.6 Å². The van der Waals surface area contributed by atoms with E-state index in [1.54, 1.807) is 30.5 Å². The Morgan fingerprint density at radius 1 is 1.04 bits per heavy atom. The number of pyridine rings is 1. The van der Waals surface area contributed by atoms with E-state index >= 15 is 0 Å². The highest BCUT2D eigenvalue weighted by atomic mass is 19.1. The number of halogens is 1. The summed E-state index contributed by atoms with van der Waals surface area (Å²) in [5.74, 6) is -0.424. The summed E-state index contributed by atoms with van der Waals surface area (Å²) in [6, 6.07) is 9.94. The van der Waals surface area contributed by atoms with E-state index in [-0.39, 0.29) is 17.8 Å². The highest BCUT2D eigenvalue weighted by molar-refractivity contribution is 5.92. The molecule has 0 spiro atoms. The molecular weight excluding hydrogens is 305 g/mol. The van der Waals surface area contributed by atoms with E-state index < -0.39 is 0 Å². The first kappa shape index (κ1) is 16.4. The summed E-state index contributed by atoms with van der Waals surface area (Å²) in [6.45, 7) is 0. The summed E-state index contributed by atoms with van der Waals surface area (Å²) < 4.78 is 13.2. The molecule has 2 N–H and O–H groups in total. The van der Waals surface area contributed by atoms with Crippen LogP contribution in [0.25, 0.3) is 0 Å². The molecule has 1 amide bonds. The highest BCUT2D eigenvalue weighted by Crippen LogP contribution is 2.19. The molecule has 1 heterocycles. The van der Waals surface area contributed by atoms with E-state index in [1.165, 1.54) is 37.8 Å². The molecule has 24 heavy (non-hydrogen) atoms. The number of amides is 1. The molecule has 0 bridgehead atoms. The minimum atomic E-state index is -0.299. The van der Waals surface area contributed by atoms with Gasteiger partial charge < -0.3 is 10.6 Å². The number of nitrogens with zero attached hydrogens (tertiary/aromatic N) is 1. The van der Waals surface area contributed by atoms with Crippen LogP contribution in [0.5, 0.6) is 0 Å². The quantitative estimate of drug-likeness (QED) is 0.818. The number of carbonyl (C=O) groups is 1. The summed E-state index contributed by atoms with van der Waals surface area (Å²) in [6.07, 6.45) is 8.54. The molecule has 0 radical (unpaired) electrons. The molecule has 0 unspecified atom stereocenters. The Kier molecular flexibility index (Phi) is 5.41. The van der Waals surface area contributed by atoms with Crippen LogP contribution >= 0.6 is 0 Å². The van der Waals surface area contributed by atoms with Crippen LogP contribution in [0.3, 0.4) is 0 Å². The van der Waals surface area contributed by atoms with E-state index in [0.29, 0.717) is 17.1 Å². The van der Waals surface area contributed by atoms with Gasteiger partial charge in [0.25, 0.3) is 5.91 Å². The number of hydrogen-bond acceptors (Lipinski definition) is 3. The monoisotopic (exact) mass is 327 g/mol. The minimum absolute atomic E-state index is 0.126. The average Bonchev–Trinajstić information content (AvgIpc) is 2.84. The SMILES string of the molecule is O=C(NC1CCCCCC1)c1ccc(Nc2cccc(F)c2)cn1. The van der Waals surface area contributed by atoms with Crippen molar-refractivity contribution >= 4 is 17.3 Å². The third kappa shape index (κ3) is 4.54. The second-order valence-corrected chi connectivity index (χ2v) is 6.23. The molecule has 0 atom stereocenters. The van der Waals surface area contributed by atoms with Gasteiger partial charge in [0.2, 0.25) is 0 Å². The second kappa shape index (κ2) is 7.90. The van der Waals surface area contributed by atoms with Crippen LogP contribution in [0.4, 0.5) is 15.8 Å². The zero-order valence-electron chi connectivity index (χ0n) is 13.6. The molecular formula is C19H22FN3O. The Bertz CT molecular complexity index is 679. The summed E-state index contributed by atoms with van der Waals surface area (Å²) >= 11 is 0. The van der Waals surface area contributed by atoms with E-state index in [1.807, 2.05) is 0 Å². The van der Waals surface area contributed by atoms with Crippen molar-refractivity contribution in [2.45, 2.75) is 44.6 Å². The van der Waals surface area contributed by atoms with Crippen LogP contribution in [-0.4, -0.2) is 16.9 Å². The second-order valence-electron chi connectivity index (χ2n) is 6.23. The number of benzene rings is 1. The predicted octanol–water partition coefficient (Wildman–Crippen LogP) is 4.42. The molecule has 126 valence electrons. The van der Waals surface area contributed by atoms with Crippen molar-refractivity contribution in [1.82, 2.24) is 10.3 Å². The summed E-state index contributed by atoms with van der Waals surface area (Å²) in [5.41, 5.74) is 1.77. The van der Waals surface area contributed by atoms with Gasteiger partial charge in [0, 0.05) is 11.7 Å². The normalized spacial score (nSPS) is 15.5. The predicted molar refractivity (Wildman–Crippen MR) is 92.9 cm³/mol. The van der Waals surface area contributed by atoms with Crippen molar-refractivity contribution < 1.29 is 9.18 Å². The van der Waals surface area contributed by atoms with Gasteiger partial charge in [-0.25, -0.2) is 9.37 Å². The van der Waals surface area contributed by atoms with E-state index in [4.69, 9.17) is 0 Å². The van der Waals surface area contributed by atoms with Gasteiger partial charge in [-0.1, -0.05) is 31.7 Å². The lowest BCUT2D eigenvalue weighted by Gasteiger charge is -2.16. The molecule has 1 aromatic heterocycles. The fourth-order valence-corrected chi connectivity index (χ4v) is 3.02. The van der Waals surface area contributed by atoms with Gasteiger partial charge in [0.05, 0.1) is 11.9 Å². The van der Waals surface area contributed by atoms with Gasteiger partial charge in [0.1, 0.15) is 11.5 Å². The maximum absolute atomic E-state index is 13.2. The third-order valence-electron chi connectivity index (χ3n) is 4.30. The Balaban J connectivity index is 1.60. The zero-order valence-corrected chi connectivity index (χ0v) is 13.6.